The maximum atomic E-state index is 13.4. The molecule has 1 fully saturated rings. The van der Waals surface area contributed by atoms with Crippen molar-refractivity contribution in [2.45, 2.75) is 19.0 Å². The Hall–Kier alpha value is -2.74. The van der Waals surface area contributed by atoms with Gasteiger partial charge in [-0.05, 0) is 30.7 Å². The topological polar surface area (TPSA) is 54.3 Å². The van der Waals surface area contributed by atoms with Crippen LogP contribution in [0.5, 0.6) is 0 Å². The summed E-state index contributed by atoms with van der Waals surface area (Å²) in [4.78, 5) is 22.2. The lowest BCUT2D eigenvalue weighted by molar-refractivity contribution is 0.0984. The number of halogens is 1. The van der Waals surface area contributed by atoms with E-state index in [1.165, 1.54) is 11.3 Å². The summed E-state index contributed by atoms with van der Waals surface area (Å²) in [6.07, 6.45) is 4.15. The van der Waals surface area contributed by atoms with Gasteiger partial charge >= 0.3 is 0 Å². The molecule has 2 aliphatic rings. The highest BCUT2D eigenvalue weighted by atomic mass is 32.1. The maximum Gasteiger partial charge on any atom is 0.270 e. The Balaban J connectivity index is 1.39. The summed E-state index contributed by atoms with van der Waals surface area (Å²) in [5.74, 6) is -0.0133. The number of rotatable bonds is 3. The molecule has 3 aromatic rings. The molecule has 144 valence electrons. The predicted molar refractivity (Wildman–Crippen MR) is 108 cm³/mol. The van der Waals surface area contributed by atoms with Crippen molar-refractivity contribution < 1.29 is 9.18 Å². The first-order valence-corrected chi connectivity index (χ1v) is 10.2. The Morgan fingerprint density at radius 3 is 2.68 bits per heavy atom. The molecule has 1 saturated heterocycles. The van der Waals surface area contributed by atoms with Gasteiger partial charge in [-0.2, -0.15) is 5.10 Å². The van der Waals surface area contributed by atoms with Crippen LogP contribution < -0.4 is 9.80 Å². The molecule has 0 spiro atoms. The van der Waals surface area contributed by atoms with E-state index >= 15 is 0 Å². The van der Waals surface area contributed by atoms with Crippen LogP contribution in [0.2, 0.25) is 0 Å². The summed E-state index contributed by atoms with van der Waals surface area (Å²) in [6.45, 7) is 1.83. The Morgan fingerprint density at radius 1 is 1.18 bits per heavy atom. The van der Waals surface area contributed by atoms with Crippen LogP contribution in [-0.2, 0) is 13.5 Å². The third-order valence-corrected chi connectivity index (χ3v) is 6.46. The molecule has 28 heavy (non-hydrogen) atoms. The van der Waals surface area contributed by atoms with Crippen LogP contribution in [0.25, 0.3) is 10.6 Å². The first-order chi connectivity index (χ1) is 13.6. The summed E-state index contributed by atoms with van der Waals surface area (Å²) < 4.78 is 15.1. The molecule has 6 nitrogen and oxygen atoms in total. The molecule has 1 amide bonds. The predicted octanol–water partition coefficient (Wildman–Crippen LogP) is 3.29. The third-order valence-electron chi connectivity index (χ3n) is 5.32. The SMILES string of the molecule is Cn1cc(N2CCc3nc(-c4ccc(N5CC[C@@H](F)C5)cc4)sc3C2=O)cn1. The Labute approximate surface area is 166 Å². The summed E-state index contributed by atoms with van der Waals surface area (Å²) in [5.41, 5.74) is 3.70. The van der Waals surface area contributed by atoms with E-state index in [1.54, 1.807) is 15.8 Å². The quantitative estimate of drug-likeness (QED) is 0.681. The van der Waals surface area contributed by atoms with Crippen LogP contribution in [0.4, 0.5) is 15.8 Å². The molecule has 0 unspecified atom stereocenters. The van der Waals surface area contributed by atoms with Crippen molar-refractivity contribution in [2.24, 2.45) is 7.05 Å². The first-order valence-electron chi connectivity index (χ1n) is 9.38. The molecule has 0 aliphatic carbocycles. The molecule has 4 heterocycles. The number of hydrogen-bond donors (Lipinski definition) is 0. The number of aryl methyl sites for hydroxylation is 1. The van der Waals surface area contributed by atoms with E-state index < -0.39 is 6.17 Å². The molecule has 0 bridgehead atoms. The summed E-state index contributed by atoms with van der Waals surface area (Å²) in [6, 6.07) is 8.04. The van der Waals surface area contributed by atoms with Gasteiger partial charge < -0.3 is 9.80 Å². The third kappa shape index (κ3) is 2.97. The van der Waals surface area contributed by atoms with Crippen molar-refractivity contribution in [3.05, 3.63) is 47.2 Å². The zero-order valence-corrected chi connectivity index (χ0v) is 16.3. The molecule has 1 aromatic carbocycles. The number of aromatic nitrogens is 3. The van der Waals surface area contributed by atoms with E-state index in [4.69, 9.17) is 4.98 Å². The largest absolute Gasteiger partial charge is 0.369 e. The molecule has 1 atom stereocenters. The second-order valence-electron chi connectivity index (χ2n) is 7.25. The highest BCUT2D eigenvalue weighted by molar-refractivity contribution is 7.17. The second-order valence-corrected chi connectivity index (χ2v) is 8.25. The van der Waals surface area contributed by atoms with Gasteiger partial charge in [-0.25, -0.2) is 9.37 Å². The summed E-state index contributed by atoms with van der Waals surface area (Å²) >= 11 is 1.44. The average molecular weight is 397 g/mol. The fourth-order valence-corrected chi connectivity index (χ4v) is 4.88. The molecule has 0 radical (unpaired) electrons. The van der Waals surface area contributed by atoms with Crippen molar-refractivity contribution in [3.8, 4) is 10.6 Å². The van der Waals surface area contributed by atoms with Crippen molar-refractivity contribution in [1.29, 1.82) is 0 Å². The minimum atomic E-state index is -0.737. The standard InChI is InChI=1S/C20H20FN5OS/c1-24-12-16(10-22-24)26-9-7-17-18(20(26)27)28-19(23-17)13-2-4-15(5-3-13)25-8-6-14(21)11-25/h2-5,10,12,14H,6-9,11H2,1H3/t14-/m1/s1. The van der Waals surface area contributed by atoms with Gasteiger partial charge in [0.2, 0.25) is 0 Å². The number of amides is 1. The highest BCUT2D eigenvalue weighted by Gasteiger charge is 2.30. The Morgan fingerprint density at radius 2 is 2.00 bits per heavy atom. The van der Waals surface area contributed by atoms with Gasteiger partial charge in [0.25, 0.3) is 5.91 Å². The zero-order chi connectivity index (χ0) is 19.3. The van der Waals surface area contributed by atoms with E-state index in [2.05, 4.69) is 10.00 Å². The molecule has 0 saturated carbocycles. The number of thiazole rings is 1. The number of fused-ring (bicyclic) bond motifs is 1. The van der Waals surface area contributed by atoms with Crippen molar-refractivity contribution in [1.82, 2.24) is 14.8 Å². The molecule has 5 rings (SSSR count). The number of hydrogen-bond acceptors (Lipinski definition) is 5. The van der Waals surface area contributed by atoms with E-state index in [0.717, 1.165) is 40.6 Å². The van der Waals surface area contributed by atoms with Gasteiger partial charge in [-0.1, -0.05) is 0 Å². The van der Waals surface area contributed by atoms with E-state index in [9.17, 15) is 9.18 Å². The van der Waals surface area contributed by atoms with Gasteiger partial charge in [0, 0.05) is 50.6 Å². The van der Waals surface area contributed by atoms with Crippen molar-refractivity contribution >= 4 is 28.6 Å². The number of benzene rings is 1. The van der Waals surface area contributed by atoms with Crippen molar-refractivity contribution in [3.63, 3.8) is 0 Å². The Bertz CT molecular complexity index is 1030. The van der Waals surface area contributed by atoms with Crippen LogP contribution in [0.1, 0.15) is 21.8 Å². The minimum Gasteiger partial charge on any atom is -0.369 e. The van der Waals surface area contributed by atoms with Crippen LogP contribution in [-0.4, -0.2) is 46.5 Å². The molecular weight excluding hydrogens is 377 g/mol. The number of anilines is 2. The van der Waals surface area contributed by atoms with Gasteiger partial charge in [0.15, 0.2) is 0 Å². The highest BCUT2D eigenvalue weighted by Crippen LogP contribution is 2.34. The van der Waals surface area contributed by atoms with Crippen LogP contribution in [0.15, 0.2) is 36.7 Å². The average Bonchev–Trinajstić information content (AvgIpc) is 3.42. The van der Waals surface area contributed by atoms with Crippen LogP contribution in [0, 0.1) is 0 Å². The van der Waals surface area contributed by atoms with Gasteiger partial charge in [0.05, 0.1) is 17.6 Å². The van der Waals surface area contributed by atoms with Crippen molar-refractivity contribution in [2.75, 3.05) is 29.4 Å². The number of carbonyl (C=O) groups excluding carboxylic acids is 1. The number of alkyl halides is 1. The fourth-order valence-electron chi connectivity index (χ4n) is 3.81. The molecule has 0 N–H and O–H groups in total. The van der Waals surface area contributed by atoms with Gasteiger partial charge in [-0.15, -0.1) is 11.3 Å². The number of nitrogens with zero attached hydrogens (tertiary/aromatic N) is 5. The lowest BCUT2D eigenvalue weighted by atomic mass is 10.1. The fraction of sp³-hybridized carbons (Fsp3) is 0.350. The second kappa shape index (κ2) is 6.70. The van der Waals surface area contributed by atoms with Crippen LogP contribution in [0.3, 0.4) is 0 Å². The van der Waals surface area contributed by atoms with Gasteiger partial charge in [-0.3, -0.25) is 9.48 Å². The summed E-state index contributed by atoms with van der Waals surface area (Å²) in [7, 11) is 1.84. The number of carbonyl (C=O) groups is 1. The molecule has 8 heteroatoms. The Kier molecular flexibility index (Phi) is 4.16. The van der Waals surface area contributed by atoms with Gasteiger partial charge in [0.1, 0.15) is 16.1 Å². The van der Waals surface area contributed by atoms with E-state index in [1.807, 2.05) is 37.5 Å². The maximum absolute atomic E-state index is 13.4. The molecular formula is C20H20FN5OS. The van der Waals surface area contributed by atoms with Crippen LogP contribution >= 0.6 is 11.3 Å². The normalized spacial score (nSPS) is 19.4. The summed E-state index contributed by atoms with van der Waals surface area (Å²) in [5, 5.41) is 5.01. The smallest absolute Gasteiger partial charge is 0.270 e. The monoisotopic (exact) mass is 397 g/mol. The van der Waals surface area contributed by atoms with E-state index in [0.29, 0.717) is 24.4 Å². The van der Waals surface area contributed by atoms with E-state index in [-0.39, 0.29) is 5.91 Å². The first kappa shape index (κ1) is 17.4. The molecule has 2 aliphatic heterocycles. The molecule has 2 aromatic heterocycles. The zero-order valence-electron chi connectivity index (χ0n) is 15.5. The lowest BCUT2D eigenvalue weighted by Crippen LogP contribution is -2.36. The lowest BCUT2D eigenvalue weighted by Gasteiger charge is -2.24. The minimum absolute atomic E-state index is 0.0133.